The van der Waals surface area contributed by atoms with Gasteiger partial charge in [-0.15, -0.1) is 9.78 Å². The number of anilines is 1. The molecule has 3 rings (SSSR count). The van der Waals surface area contributed by atoms with Crippen molar-refractivity contribution in [2.45, 2.75) is 0 Å². The third-order valence-corrected chi connectivity index (χ3v) is 3.06. The molecule has 0 atom stereocenters. The first kappa shape index (κ1) is 12.2. The first-order valence-corrected chi connectivity index (χ1v) is 6.24. The van der Waals surface area contributed by atoms with Gasteiger partial charge in [0.05, 0.1) is 13.3 Å². The van der Waals surface area contributed by atoms with E-state index in [1.54, 1.807) is 18.0 Å². The molecule has 3 N–H and O–H groups in total. The average molecular weight is 267 g/mol. The van der Waals surface area contributed by atoms with Crippen molar-refractivity contribution in [3.63, 3.8) is 0 Å². The van der Waals surface area contributed by atoms with Crippen LogP contribution in [-0.2, 0) is 0 Å². The van der Waals surface area contributed by atoms with Crippen LogP contribution in [0.25, 0.3) is 11.0 Å². The lowest BCUT2D eigenvalue weighted by Gasteiger charge is -1.98. The van der Waals surface area contributed by atoms with Crippen LogP contribution in [0.2, 0.25) is 0 Å². The summed E-state index contributed by atoms with van der Waals surface area (Å²) in [6.45, 7) is 0. The largest absolute Gasteiger partial charge is 0.497 e. The number of imidazole rings is 1. The Hall–Kier alpha value is -2.82. The third kappa shape index (κ3) is 2.21. The molecule has 0 aliphatic heterocycles. The number of para-hydroxylation sites is 2. The van der Waals surface area contributed by atoms with Gasteiger partial charge in [0.2, 0.25) is 0 Å². The zero-order valence-corrected chi connectivity index (χ0v) is 11.1. The van der Waals surface area contributed by atoms with Gasteiger partial charge in [-0.2, -0.15) is 0 Å². The molecule has 1 heterocycles. The summed E-state index contributed by atoms with van der Waals surface area (Å²) in [4.78, 5) is 3.09. The second kappa shape index (κ2) is 5.05. The molecule has 100 valence electrons. The highest BCUT2D eigenvalue weighted by atomic mass is 16.5. The summed E-state index contributed by atoms with van der Waals surface area (Å²) in [6.07, 6.45) is 1.76. The number of hydrogen-bond donors (Lipinski definition) is 2. The second-order valence-electron chi connectivity index (χ2n) is 4.36. The smallest absolute Gasteiger partial charge is 0.377 e. The number of ether oxygens (including phenoxy) is 1. The predicted molar refractivity (Wildman–Crippen MR) is 78.9 cm³/mol. The molecule has 2 aromatic carbocycles. The Bertz CT molecular complexity index is 759. The van der Waals surface area contributed by atoms with E-state index >= 15 is 0 Å². The summed E-state index contributed by atoms with van der Waals surface area (Å²) >= 11 is 0. The minimum absolute atomic E-state index is 0.496. The molecule has 0 unspecified atom stereocenters. The van der Waals surface area contributed by atoms with Gasteiger partial charge in [0.15, 0.2) is 5.52 Å². The molecular weight excluding hydrogens is 252 g/mol. The van der Waals surface area contributed by atoms with Gasteiger partial charge in [0, 0.05) is 0 Å². The van der Waals surface area contributed by atoms with Gasteiger partial charge < -0.3 is 4.74 Å². The van der Waals surface area contributed by atoms with E-state index in [2.05, 4.69) is 10.1 Å². The zero-order valence-electron chi connectivity index (χ0n) is 11.1. The number of rotatable bonds is 3. The highest BCUT2D eigenvalue weighted by Crippen LogP contribution is 2.11. The summed E-state index contributed by atoms with van der Waals surface area (Å²) in [6, 6.07) is 15.5. The number of nitrogens with zero attached hydrogens (tertiary/aromatic N) is 2. The second-order valence-corrected chi connectivity index (χ2v) is 4.36. The van der Waals surface area contributed by atoms with E-state index in [4.69, 9.17) is 10.5 Å². The number of hydrogen-bond acceptors (Lipinski definition) is 3. The lowest BCUT2D eigenvalue weighted by molar-refractivity contribution is -0.636. The van der Waals surface area contributed by atoms with E-state index < -0.39 is 0 Å². The topological polar surface area (TPSA) is 67.3 Å². The van der Waals surface area contributed by atoms with Crippen molar-refractivity contribution in [2.24, 2.45) is 5.10 Å². The Morgan fingerprint density at radius 1 is 1.15 bits per heavy atom. The lowest BCUT2D eigenvalue weighted by atomic mass is 10.2. The molecule has 3 aromatic rings. The Labute approximate surface area is 116 Å². The molecule has 0 fully saturated rings. The molecule has 0 bridgehead atoms. The fraction of sp³-hybridized carbons (Fsp3) is 0.0667. The highest BCUT2D eigenvalue weighted by Gasteiger charge is 2.12. The van der Waals surface area contributed by atoms with Crippen molar-refractivity contribution in [1.29, 1.82) is 0 Å². The minimum Gasteiger partial charge on any atom is -0.497 e. The van der Waals surface area contributed by atoms with E-state index in [0.717, 1.165) is 22.3 Å². The van der Waals surface area contributed by atoms with Crippen LogP contribution >= 0.6 is 0 Å². The minimum atomic E-state index is 0.496. The summed E-state index contributed by atoms with van der Waals surface area (Å²) in [7, 11) is 1.64. The fourth-order valence-electron chi connectivity index (χ4n) is 2.02. The van der Waals surface area contributed by atoms with Crippen molar-refractivity contribution in [3.05, 3.63) is 54.1 Å². The maximum Gasteiger partial charge on any atom is 0.377 e. The molecule has 0 amide bonds. The Morgan fingerprint density at radius 2 is 1.90 bits per heavy atom. The van der Waals surface area contributed by atoms with E-state index in [9.17, 15) is 0 Å². The summed E-state index contributed by atoms with van der Waals surface area (Å²) in [5.74, 6) is 1.32. The van der Waals surface area contributed by atoms with Crippen molar-refractivity contribution in [2.75, 3.05) is 12.8 Å². The predicted octanol–water partition coefficient (Wildman–Crippen LogP) is 1.93. The molecule has 0 spiro atoms. The maximum absolute atomic E-state index is 5.94. The molecule has 0 aliphatic carbocycles. The van der Waals surface area contributed by atoms with Crippen LogP contribution in [0.4, 0.5) is 5.95 Å². The number of nitrogen functional groups attached to an aromatic ring is 1. The van der Waals surface area contributed by atoms with Crippen LogP contribution in [-0.4, -0.2) is 18.3 Å². The van der Waals surface area contributed by atoms with Crippen LogP contribution in [0.5, 0.6) is 5.75 Å². The highest BCUT2D eigenvalue weighted by molar-refractivity contribution is 5.79. The van der Waals surface area contributed by atoms with Crippen molar-refractivity contribution in [1.82, 2.24) is 4.98 Å². The lowest BCUT2D eigenvalue weighted by Crippen LogP contribution is -2.30. The molecule has 0 saturated carbocycles. The van der Waals surface area contributed by atoms with Gasteiger partial charge in [-0.3, -0.25) is 5.73 Å². The number of aromatic amines is 1. The van der Waals surface area contributed by atoms with Crippen LogP contribution in [0.15, 0.2) is 53.6 Å². The van der Waals surface area contributed by atoms with Crippen molar-refractivity contribution < 1.29 is 9.41 Å². The van der Waals surface area contributed by atoms with Crippen LogP contribution in [0.3, 0.4) is 0 Å². The third-order valence-electron chi connectivity index (χ3n) is 3.06. The number of methoxy groups -OCH3 is 1. The maximum atomic E-state index is 5.94. The summed E-state index contributed by atoms with van der Waals surface area (Å²) in [5.41, 5.74) is 8.81. The molecule has 5 nitrogen and oxygen atoms in total. The first-order valence-electron chi connectivity index (χ1n) is 6.24. The van der Waals surface area contributed by atoms with Crippen LogP contribution in [0, 0.1) is 0 Å². The quantitative estimate of drug-likeness (QED) is 0.562. The van der Waals surface area contributed by atoms with Gasteiger partial charge in [0.1, 0.15) is 11.3 Å². The van der Waals surface area contributed by atoms with Crippen LogP contribution in [0.1, 0.15) is 5.56 Å². The zero-order chi connectivity index (χ0) is 13.9. The van der Waals surface area contributed by atoms with Gasteiger partial charge in [0.25, 0.3) is 0 Å². The van der Waals surface area contributed by atoms with Gasteiger partial charge in [-0.1, -0.05) is 12.1 Å². The average Bonchev–Trinajstić information content (AvgIpc) is 2.81. The Morgan fingerprint density at radius 3 is 2.65 bits per heavy atom. The van der Waals surface area contributed by atoms with E-state index in [1.807, 2.05) is 48.5 Å². The number of nitrogens with one attached hydrogen (secondary N) is 1. The molecule has 0 aliphatic rings. The van der Waals surface area contributed by atoms with Crippen LogP contribution < -0.4 is 15.1 Å². The number of H-pyrrole nitrogens is 1. The number of aromatic nitrogens is 2. The molecule has 20 heavy (non-hydrogen) atoms. The van der Waals surface area contributed by atoms with Gasteiger partial charge >= 0.3 is 5.95 Å². The number of fused-ring (bicyclic) bond motifs is 1. The van der Waals surface area contributed by atoms with E-state index in [-0.39, 0.29) is 0 Å². The van der Waals surface area contributed by atoms with E-state index in [1.165, 1.54) is 0 Å². The fourth-order valence-corrected chi connectivity index (χ4v) is 2.02. The Balaban J connectivity index is 1.95. The molecule has 1 aromatic heterocycles. The van der Waals surface area contributed by atoms with Gasteiger partial charge in [-0.25, -0.2) is 4.98 Å². The monoisotopic (exact) mass is 267 g/mol. The number of nitrogens with two attached hydrogens (primary N) is 1. The molecule has 0 radical (unpaired) electrons. The normalized spacial score (nSPS) is 11.2. The summed E-state index contributed by atoms with van der Waals surface area (Å²) < 4.78 is 6.80. The van der Waals surface area contributed by atoms with Crippen molar-refractivity contribution in [3.8, 4) is 5.75 Å². The standard InChI is InChI=1S/C15H14N4O/c1-20-12-8-6-11(7-9-12)10-17-19-14-5-3-2-4-13(14)18-15(19)16/h2-10H,1H3,(H2,16,18)/p+1. The van der Waals surface area contributed by atoms with E-state index in [0.29, 0.717) is 5.95 Å². The van der Waals surface area contributed by atoms with Gasteiger partial charge in [-0.05, 0) is 42.0 Å². The molecule has 0 saturated heterocycles. The van der Waals surface area contributed by atoms with Crippen molar-refractivity contribution >= 4 is 23.2 Å². The molecule has 5 heteroatoms. The molecular formula is C15H15N4O+. The first-order chi connectivity index (χ1) is 9.78. The Kier molecular flexibility index (Phi) is 3.09. The number of benzene rings is 2. The summed E-state index contributed by atoms with van der Waals surface area (Å²) in [5, 5.41) is 4.41. The SMILES string of the molecule is COc1ccc(C=N[n+]2c(N)[nH]c3ccccc32)cc1.